The molecule has 2 rings (SSSR count). The van der Waals surface area contributed by atoms with Crippen molar-refractivity contribution in [2.75, 3.05) is 0 Å². The summed E-state index contributed by atoms with van der Waals surface area (Å²) in [5, 5.41) is 21.0. The highest BCUT2D eigenvalue weighted by Crippen LogP contribution is 2.31. The Bertz CT molecular complexity index is 546. The summed E-state index contributed by atoms with van der Waals surface area (Å²) in [7, 11) is 0. The molecule has 0 spiro atoms. The van der Waals surface area contributed by atoms with Crippen LogP contribution in [0.3, 0.4) is 0 Å². The van der Waals surface area contributed by atoms with Crippen LogP contribution in [0.5, 0.6) is 5.75 Å². The number of halogens is 1. The fraction of sp³-hybridized carbons (Fsp3) is 0.385. The summed E-state index contributed by atoms with van der Waals surface area (Å²) in [6, 6.07) is 3.65. The number of hydrogen-bond donors (Lipinski definition) is 3. The van der Waals surface area contributed by atoms with Gasteiger partial charge in [-0.05, 0) is 30.7 Å². The molecule has 0 bridgehead atoms. The fourth-order valence-corrected chi connectivity index (χ4v) is 2.19. The minimum absolute atomic E-state index is 0.313. The third-order valence-electron chi connectivity index (χ3n) is 3.04. The molecular weight excluding hydrogens is 286 g/mol. The predicted molar refractivity (Wildman–Crippen MR) is 70.8 cm³/mol. The van der Waals surface area contributed by atoms with Gasteiger partial charge >= 0.3 is 5.97 Å². The van der Waals surface area contributed by atoms with Crippen molar-refractivity contribution in [2.24, 2.45) is 0 Å². The summed E-state index contributed by atoms with van der Waals surface area (Å²) in [5.74, 6) is -1.32. The normalized spacial score (nSPS) is 19.6. The van der Waals surface area contributed by atoms with Crippen molar-refractivity contribution in [3.8, 4) is 5.75 Å². The van der Waals surface area contributed by atoms with Crippen LogP contribution in [0.4, 0.5) is 0 Å². The second-order valence-electron chi connectivity index (χ2n) is 4.63. The van der Waals surface area contributed by atoms with E-state index in [4.69, 9.17) is 21.4 Å². The topological polar surface area (TPSA) is 95.9 Å². The van der Waals surface area contributed by atoms with Crippen LogP contribution < -0.4 is 10.1 Å². The van der Waals surface area contributed by atoms with Crippen LogP contribution in [0.2, 0.25) is 5.02 Å². The average molecular weight is 300 g/mol. The Kier molecular flexibility index (Phi) is 4.15. The average Bonchev–Trinajstić information content (AvgIpc) is 2.77. The van der Waals surface area contributed by atoms with Gasteiger partial charge in [0.15, 0.2) is 12.1 Å². The number of nitrogens with one attached hydrogen (secondary N) is 1. The zero-order valence-electron chi connectivity index (χ0n) is 10.7. The van der Waals surface area contributed by atoms with Gasteiger partial charge in [-0.25, -0.2) is 4.79 Å². The molecule has 3 N–H and O–H groups in total. The van der Waals surface area contributed by atoms with Gasteiger partial charge in [-0.2, -0.15) is 0 Å². The van der Waals surface area contributed by atoms with Crippen molar-refractivity contribution in [3.63, 3.8) is 0 Å². The molecule has 108 valence electrons. The molecule has 0 radical (unpaired) electrons. The van der Waals surface area contributed by atoms with Crippen LogP contribution in [-0.4, -0.2) is 40.3 Å². The molecule has 0 aliphatic carbocycles. The third kappa shape index (κ3) is 3.02. The maximum atomic E-state index is 12.0. The highest BCUT2D eigenvalue weighted by Gasteiger charge is 2.33. The van der Waals surface area contributed by atoms with Gasteiger partial charge in [0.25, 0.3) is 5.91 Å². The van der Waals surface area contributed by atoms with Gasteiger partial charge in [0.1, 0.15) is 5.75 Å². The Morgan fingerprint density at radius 2 is 2.20 bits per heavy atom. The maximum absolute atomic E-state index is 12.0. The maximum Gasteiger partial charge on any atom is 0.328 e. The molecule has 0 saturated carbocycles. The summed E-state index contributed by atoms with van der Waals surface area (Å²) in [6.07, 6.45) is -1.70. The Balaban J connectivity index is 2.04. The summed E-state index contributed by atoms with van der Waals surface area (Å²) in [5.41, 5.74) is 0.793. The number of fused-ring (bicyclic) bond motifs is 1. The molecule has 1 unspecified atom stereocenters. The van der Waals surface area contributed by atoms with Gasteiger partial charge in [-0.15, -0.1) is 0 Å². The first-order valence-electron chi connectivity index (χ1n) is 6.05. The lowest BCUT2D eigenvalue weighted by atomic mass is 10.1. The number of aliphatic hydroxyl groups is 1. The first-order chi connectivity index (χ1) is 9.38. The molecule has 1 aliphatic heterocycles. The van der Waals surface area contributed by atoms with E-state index in [1.165, 1.54) is 6.92 Å². The number of carbonyl (C=O) groups excluding carboxylic acids is 1. The lowest BCUT2D eigenvalue weighted by molar-refractivity contribution is -0.145. The lowest BCUT2D eigenvalue weighted by Gasteiger charge is -2.19. The van der Waals surface area contributed by atoms with Gasteiger partial charge in [-0.1, -0.05) is 11.6 Å². The number of carboxylic acids is 1. The molecule has 1 aromatic rings. The smallest absolute Gasteiger partial charge is 0.328 e. The first-order valence-corrected chi connectivity index (χ1v) is 6.42. The van der Waals surface area contributed by atoms with E-state index >= 15 is 0 Å². The Morgan fingerprint density at radius 3 is 2.80 bits per heavy atom. The monoisotopic (exact) mass is 299 g/mol. The van der Waals surface area contributed by atoms with Gasteiger partial charge in [0, 0.05) is 11.4 Å². The summed E-state index contributed by atoms with van der Waals surface area (Å²) < 4.78 is 5.44. The van der Waals surface area contributed by atoms with E-state index in [9.17, 15) is 14.7 Å². The second kappa shape index (κ2) is 5.68. The van der Waals surface area contributed by atoms with Crippen molar-refractivity contribution < 1.29 is 24.5 Å². The molecule has 1 aromatic carbocycles. The summed E-state index contributed by atoms with van der Waals surface area (Å²) in [6.45, 7) is 1.29. The molecule has 20 heavy (non-hydrogen) atoms. The van der Waals surface area contributed by atoms with Crippen molar-refractivity contribution in [2.45, 2.75) is 31.6 Å². The van der Waals surface area contributed by atoms with E-state index < -0.39 is 30.1 Å². The number of carboxylic acid groups (broad SMARTS) is 1. The Labute approximate surface area is 120 Å². The number of aliphatic hydroxyl groups excluding tert-OH is 1. The largest absolute Gasteiger partial charge is 0.480 e. The van der Waals surface area contributed by atoms with Gasteiger partial charge in [-0.3, -0.25) is 4.79 Å². The number of rotatable bonds is 4. The molecule has 0 fully saturated rings. The zero-order chi connectivity index (χ0) is 14.9. The van der Waals surface area contributed by atoms with Crippen LogP contribution >= 0.6 is 11.6 Å². The quantitative estimate of drug-likeness (QED) is 0.756. The van der Waals surface area contributed by atoms with Crippen molar-refractivity contribution in [3.05, 3.63) is 28.8 Å². The molecule has 1 aliphatic rings. The minimum atomic E-state index is -1.36. The lowest BCUT2D eigenvalue weighted by Crippen LogP contribution is -2.51. The Morgan fingerprint density at radius 1 is 1.50 bits per heavy atom. The molecule has 1 heterocycles. The van der Waals surface area contributed by atoms with Crippen LogP contribution in [0.25, 0.3) is 0 Å². The van der Waals surface area contributed by atoms with Crippen LogP contribution in [0.1, 0.15) is 12.5 Å². The molecule has 0 aromatic heterocycles. The van der Waals surface area contributed by atoms with Gasteiger partial charge in [0.05, 0.1) is 6.10 Å². The molecule has 6 nitrogen and oxygen atoms in total. The number of hydrogen-bond acceptors (Lipinski definition) is 4. The van der Waals surface area contributed by atoms with Crippen molar-refractivity contribution in [1.29, 1.82) is 0 Å². The zero-order valence-corrected chi connectivity index (χ0v) is 11.4. The van der Waals surface area contributed by atoms with Crippen LogP contribution in [0.15, 0.2) is 18.2 Å². The van der Waals surface area contributed by atoms with Crippen molar-refractivity contribution >= 4 is 23.5 Å². The minimum Gasteiger partial charge on any atom is -0.480 e. The molecule has 0 saturated heterocycles. The number of ether oxygens (including phenoxy) is 1. The van der Waals surface area contributed by atoms with E-state index in [2.05, 4.69) is 5.32 Å². The van der Waals surface area contributed by atoms with E-state index in [1.54, 1.807) is 18.2 Å². The Hall–Kier alpha value is -1.79. The SMILES string of the molecule is C[C@@H](O)[C@H](NC(=O)C1Cc2cc(Cl)ccc2O1)C(=O)O. The standard InChI is InChI=1S/C13H14ClNO5/c1-6(16)11(13(18)19)15-12(17)10-5-7-4-8(14)2-3-9(7)20-10/h2-4,6,10-11,16H,5H2,1H3,(H,15,17)(H,18,19)/t6-,10?,11+/m1/s1. The molecular formula is C13H14ClNO5. The molecule has 1 amide bonds. The van der Waals surface area contributed by atoms with Crippen LogP contribution in [0, 0.1) is 0 Å². The predicted octanol–water partition coefficient (Wildman–Crippen LogP) is 0.594. The summed E-state index contributed by atoms with van der Waals surface area (Å²) in [4.78, 5) is 22.9. The molecule has 7 heteroatoms. The molecule has 3 atom stereocenters. The van der Waals surface area contributed by atoms with E-state index in [0.717, 1.165) is 5.56 Å². The second-order valence-corrected chi connectivity index (χ2v) is 5.06. The first kappa shape index (κ1) is 14.6. The van der Waals surface area contributed by atoms with E-state index in [0.29, 0.717) is 17.2 Å². The number of aliphatic carboxylic acids is 1. The highest BCUT2D eigenvalue weighted by atomic mass is 35.5. The number of amides is 1. The van der Waals surface area contributed by atoms with Gasteiger partial charge in [0.2, 0.25) is 0 Å². The number of benzene rings is 1. The van der Waals surface area contributed by atoms with Gasteiger partial charge < -0.3 is 20.3 Å². The van der Waals surface area contributed by atoms with Crippen molar-refractivity contribution in [1.82, 2.24) is 5.32 Å². The highest BCUT2D eigenvalue weighted by molar-refractivity contribution is 6.30. The van der Waals surface area contributed by atoms with E-state index in [1.807, 2.05) is 0 Å². The third-order valence-corrected chi connectivity index (χ3v) is 3.27. The van der Waals surface area contributed by atoms with Crippen LogP contribution in [-0.2, 0) is 16.0 Å². The summed E-state index contributed by atoms with van der Waals surface area (Å²) >= 11 is 5.85. The van der Waals surface area contributed by atoms with E-state index in [-0.39, 0.29) is 0 Å². The number of carbonyl (C=O) groups is 2. The fourth-order valence-electron chi connectivity index (χ4n) is 2.00.